The third kappa shape index (κ3) is 4.07. The van der Waals surface area contributed by atoms with Crippen molar-refractivity contribution in [3.8, 4) is 16.8 Å². The van der Waals surface area contributed by atoms with Gasteiger partial charge in [-0.25, -0.2) is 4.98 Å². The first-order chi connectivity index (χ1) is 16.1. The minimum Gasteiger partial charge on any atom is -0.378 e. The molecule has 1 aliphatic rings. The summed E-state index contributed by atoms with van der Waals surface area (Å²) in [4.78, 5) is 23.4. The van der Waals surface area contributed by atoms with Gasteiger partial charge in [-0.1, -0.05) is 12.1 Å². The molecule has 1 amide bonds. The van der Waals surface area contributed by atoms with Gasteiger partial charge in [0, 0.05) is 42.3 Å². The Balaban J connectivity index is 1.47. The van der Waals surface area contributed by atoms with Gasteiger partial charge < -0.3 is 9.64 Å². The number of benzene rings is 2. The predicted molar refractivity (Wildman–Crippen MR) is 123 cm³/mol. The lowest BCUT2D eigenvalue weighted by atomic mass is 10.0. The molecule has 5 rings (SSSR count). The number of imidazole rings is 1. The molecule has 3 N–H and O–H groups in total. The second-order valence-corrected chi connectivity index (χ2v) is 7.72. The van der Waals surface area contributed by atoms with E-state index >= 15 is 0 Å². The van der Waals surface area contributed by atoms with E-state index in [2.05, 4.69) is 9.97 Å². The molecule has 1 saturated heterocycles. The molecule has 3 heterocycles. The molecule has 0 aliphatic carbocycles. The van der Waals surface area contributed by atoms with Crippen LogP contribution >= 0.6 is 0 Å². The molecule has 33 heavy (non-hydrogen) atoms. The molecule has 2 aromatic carbocycles. The molecule has 0 bridgehead atoms. The van der Waals surface area contributed by atoms with Crippen molar-refractivity contribution in [2.75, 3.05) is 26.3 Å². The van der Waals surface area contributed by atoms with E-state index in [4.69, 9.17) is 15.4 Å². The van der Waals surface area contributed by atoms with Gasteiger partial charge in [0.25, 0.3) is 5.91 Å². The number of fused-ring (bicyclic) bond motifs is 1. The summed E-state index contributed by atoms with van der Waals surface area (Å²) < 4.78 is 7.29. The van der Waals surface area contributed by atoms with Crippen LogP contribution in [0.5, 0.6) is 0 Å². The predicted octanol–water partition coefficient (Wildman–Crippen LogP) is 2.86. The summed E-state index contributed by atoms with van der Waals surface area (Å²) in [6, 6.07) is 15.2. The molecule has 9 nitrogen and oxygen atoms in total. The molecular weight excluding hydrogens is 420 g/mol. The van der Waals surface area contributed by atoms with Gasteiger partial charge in [-0.2, -0.15) is 0 Å². The Hall–Kier alpha value is -4.08. The van der Waals surface area contributed by atoms with Crippen LogP contribution in [0.3, 0.4) is 0 Å². The number of pyridine rings is 1. The average Bonchev–Trinajstić information content (AvgIpc) is 3.32. The first-order valence-electron chi connectivity index (χ1n) is 10.5. The van der Waals surface area contributed by atoms with Crippen LogP contribution in [-0.2, 0) is 4.74 Å². The lowest BCUT2D eigenvalue weighted by molar-refractivity contribution is 0.0302. The number of morpholine rings is 1. The number of rotatable bonds is 4. The third-order valence-corrected chi connectivity index (χ3v) is 5.69. The number of hydrogen-bond donors (Lipinski definition) is 3. The zero-order valence-corrected chi connectivity index (χ0v) is 17.7. The van der Waals surface area contributed by atoms with E-state index in [1.165, 1.54) is 0 Å². The van der Waals surface area contributed by atoms with Gasteiger partial charge in [-0.15, -0.1) is 0 Å². The Morgan fingerprint density at radius 2 is 1.88 bits per heavy atom. The Morgan fingerprint density at radius 3 is 2.70 bits per heavy atom. The first kappa shape index (κ1) is 20.8. The molecule has 0 unspecified atom stereocenters. The fourth-order valence-electron chi connectivity index (χ4n) is 3.94. The molecule has 1 fully saturated rings. The van der Waals surface area contributed by atoms with Crippen LogP contribution in [0.4, 0.5) is 0 Å². The van der Waals surface area contributed by atoms with Crippen molar-refractivity contribution in [2.45, 2.75) is 0 Å². The first-order valence-corrected chi connectivity index (χ1v) is 10.5. The number of amidine groups is 1. The van der Waals surface area contributed by atoms with Crippen LogP contribution in [0.15, 0.2) is 67.3 Å². The van der Waals surface area contributed by atoms with Crippen molar-refractivity contribution in [2.24, 2.45) is 0 Å². The Bertz CT molecular complexity index is 1340. The second-order valence-electron chi connectivity index (χ2n) is 7.72. The number of aromatic nitrogens is 3. The van der Waals surface area contributed by atoms with E-state index in [0.29, 0.717) is 42.9 Å². The van der Waals surface area contributed by atoms with Crippen molar-refractivity contribution in [3.05, 3.63) is 78.4 Å². The van der Waals surface area contributed by atoms with Crippen LogP contribution in [0.25, 0.3) is 27.8 Å². The van der Waals surface area contributed by atoms with Gasteiger partial charge in [0.1, 0.15) is 12.2 Å². The topological polar surface area (TPSA) is 116 Å². The van der Waals surface area contributed by atoms with Crippen molar-refractivity contribution >= 4 is 22.8 Å². The summed E-state index contributed by atoms with van der Waals surface area (Å²) in [5.74, 6) is -0.129. The van der Waals surface area contributed by atoms with Gasteiger partial charge in [0.2, 0.25) is 0 Å². The molecule has 4 aromatic rings. The molecule has 1 aliphatic heterocycles. The molecule has 0 saturated carbocycles. The second kappa shape index (κ2) is 8.81. The summed E-state index contributed by atoms with van der Waals surface area (Å²) in [6.07, 6.45) is 5.08. The van der Waals surface area contributed by atoms with Gasteiger partial charge in [-0.3, -0.25) is 30.4 Å². The van der Waals surface area contributed by atoms with Crippen LogP contribution in [-0.4, -0.2) is 62.7 Å². The number of nitrogens with one attached hydrogen (secondary N) is 2. The standard InChI is InChI=1S/C24H22N6O3/c25-23(28-32)17-4-5-22-21(12-17)27-15-30(22)20-3-1-2-16(11-20)18-10-19(14-26-13-18)24(31)29-6-8-33-9-7-29/h1-5,10-15,32H,6-9H2,(H2,25,28). The van der Waals surface area contributed by atoms with Crippen LogP contribution in [0.1, 0.15) is 15.9 Å². The molecule has 0 radical (unpaired) electrons. The third-order valence-electron chi connectivity index (χ3n) is 5.69. The zero-order chi connectivity index (χ0) is 22.8. The van der Waals surface area contributed by atoms with E-state index in [-0.39, 0.29) is 11.7 Å². The molecule has 166 valence electrons. The number of nitrogens with zero attached hydrogens (tertiary/aromatic N) is 4. The summed E-state index contributed by atoms with van der Waals surface area (Å²) in [6.45, 7) is 2.28. The van der Waals surface area contributed by atoms with E-state index in [1.807, 2.05) is 46.4 Å². The van der Waals surface area contributed by atoms with E-state index in [9.17, 15) is 4.79 Å². The maximum Gasteiger partial charge on any atom is 0.255 e. The monoisotopic (exact) mass is 442 g/mol. The lowest BCUT2D eigenvalue weighted by Gasteiger charge is -2.26. The Kier molecular flexibility index (Phi) is 5.55. The van der Waals surface area contributed by atoms with Gasteiger partial charge in [0.05, 0.1) is 29.8 Å². The Morgan fingerprint density at radius 1 is 1.03 bits per heavy atom. The maximum absolute atomic E-state index is 12.9. The quantitative estimate of drug-likeness (QED) is 0.254. The number of hydrogen-bond acceptors (Lipinski definition) is 6. The lowest BCUT2D eigenvalue weighted by Crippen LogP contribution is -2.40. The fourth-order valence-corrected chi connectivity index (χ4v) is 3.94. The largest absolute Gasteiger partial charge is 0.378 e. The number of ether oxygens (including phenoxy) is 1. The highest BCUT2D eigenvalue weighted by molar-refractivity contribution is 5.98. The number of hydroxylamine groups is 1. The fraction of sp³-hybridized carbons (Fsp3) is 0.167. The molecule has 0 atom stereocenters. The highest BCUT2D eigenvalue weighted by atomic mass is 16.5. The smallest absolute Gasteiger partial charge is 0.255 e. The highest BCUT2D eigenvalue weighted by Crippen LogP contribution is 2.25. The van der Waals surface area contributed by atoms with Crippen LogP contribution in [0, 0.1) is 5.41 Å². The molecule has 2 aromatic heterocycles. The van der Waals surface area contributed by atoms with E-state index < -0.39 is 0 Å². The minimum absolute atomic E-state index is 0.0388. The van der Waals surface area contributed by atoms with Crippen molar-refractivity contribution < 1.29 is 14.7 Å². The van der Waals surface area contributed by atoms with E-state index in [1.54, 1.807) is 35.8 Å². The maximum atomic E-state index is 12.9. The summed E-state index contributed by atoms with van der Waals surface area (Å²) >= 11 is 0. The Labute approximate surface area is 189 Å². The molecule has 9 heteroatoms. The SMILES string of the molecule is N=C(NO)c1ccc2c(c1)ncn2-c1cccc(-c2cncc(C(=O)N3CCOCC3)c2)c1. The van der Waals surface area contributed by atoms with Gasteiger partial charge >= 0.3 is 0 Å². The number of carbonyl (C=O) groups excluding carboxylic acids is 1. The molecular formula is C24H22N6O3. The average molecular weight is 442 g/mol. The van der Waals surface area contributed by atoms with E-state index in [0.717, 1.165) is 22.3 Å². The highest BCUT2D eigenvalue weighted by Gasteiger charge is 2.19. The van der Waals surface area contributed by atoms with Crippen molar-refractivity contribution in [3.63, 3.8) is 0 Å². The van der Waals surface area contributed by atoms with Crippen molar-refractivity contribution in [1.29, 1.82) is 5.41 Å². The zero-order valence-electron chi connectivity index (χ0n) is 17.7. The summed E-state index contributed by atoms with van der Waals surface area (Å²) in [5.41, 5.74) is 7.21. The molecule has 0 spiro atoms. The van der Waals surface area contributed by atoms with Gasteiger partial charge in [0.15, 0.2) is 0 Å². The van der Waals surface area contributed by atoms with Crippen LogP contribution < -0.4 is 5.48 Å². The van der Waals surface area contributed by atoms with Gasteiger partial charge in [-0.05, 0) is 42.0 Å². The summed E-state index contributed by atoms with van der Waals surface area (Å²) in [7, 11) is 0. The number of amides is 1. The van der Waals surface area contributed by atoms with Crippen molar-refractivity contribution in [1.82, 2.24) is 24.9 Å². The normalized spacial score (nSPS) is 13.8. The number of carbonyl (C=O) groups is 1. The minimum atomic E-state index is -0.0903. The van der Waals surface area contributed by atoms with Crippen LogP contribution in [0.2, 0.25) is 0 Å². The summed E-state index contributed by atoms with van der Waals surface area (Å²) in [5, 5.41) is 16.7.